The molecule has 1 heterocycles. The summed E-state index contributed by atoms with van der Waals surface area (Å²) < 4.78 is 1.35. The Hall–Kier alpha value is -0.480. The van der Waals surface area contributed by atoms with Crippen molar-refractivity contribution in [3.05, 3.63) is 21.2 Å². The van der Waals surface area contributed by atoms with E-state index < -0.39 is 0 Å². The van der Waals surface area contributed by atoms with Crippen molar-refractivity contribution in [2.75, 3.05) is 0 Å². The minimum atomic E-state index is 0.628. The van der Waals surface area contributed by atoms with E-state index in [4.69, 9.17) is 24.4 Å². The molecule has 0 saturated carbocycles. The van der Waals surface area contributed by atoms with Gasteiger partial charge in [0.05, 0.1) is 0 Å². The van der Waals surface area contributed by atoms with Crippen LogP contribution >= 0.6 is 24.4 Å². The van der Waals surface area contributed by atoms with Gasteiger partial charge in [0, 0.05) is 5.69 Å². The highest BCUT2D eigenvalue weighted by Gasteiger charge is 1.93. The predicted octanol–water partition coefficient (Wildman–Crippen LogP) is 3.92. The number of unbranched alkanes of at least 4 members (excludes halogenated alkanes) is 3. The number of hydrogen-bond donors (Lipinski definition) is 2. The molecule has 1 rings (SSSR count). The van der Waals surface area contributed by atoms with Gasteiger partial charge in [0.2, 0.25) is 0 Å². The summed E-state index contributed by atoms with van der Waals surface area (Å²) in [5.74, 6) is 0. The van der Waals surface area contributed by atoms with Gasteiger partial charge >= 0.3 is 0 Å². The van der Waals surface area contributed by atoms with Crippen LogP contribution in [0.1, 0.15) is 38.3 Å². The van der Waals surface area contributed by atoms with E-state index in [-0.39, 0.29) is 0 Å². The molecular weight excluding hydrogens is 212 g/mol. The fourth-order valence-corrected chi connectivity index (χ4v) is 1.95. The Morgan fingerprint density at radius 1 is 1.14 bits per heavy atom. The molecule has 0 radical (unpaired) electrons. The molecule has 0 aliphatic carbocycles. The van der Waals surface area contributed by atoms with Gasteiger partial charge in [-0.25, -0.2) is 0 Å². The van der Waals surface area contributed by atoms with Gasteiger partial charge in [0.1, 0.15) is 4.64 Å². The zero-order valence-electron chi connectivity index (χ0n) is 8.43. The maximum absolute atomic E-state index is 5.05. The van der Waals surface area contributed by atoms with E-state index in [9.17, 15) is 0 Å². The fourth-order valence-electron chi connectivity index (χ4n) is 1.40. The highest BCUT2D eigenvalue weighted by molar-refractivity contribution is 7.72. The zero-order valence-corrected chi connectivity index (χ0v) is 10.1. The molecule has 14 heavy (non-hydrogen) atoms. The Morgan fingerprint density at radius 2 is 1.93 bits per heavy atom. The highest BCUT2D eigenvalue weighted by Crippen LogP contribution is 2.05. The largest absolute Gasteiger partial charge is 0.336 e. The van der Waals surface area contributed by atoms with Crippen molar-refractivity contribution in [3.63, 3.8) is 0 Å². The fraction of sp³-hybridized carbons (Fsp3) is 0.600. The zero-order chi connectivity index (χ0) is 10.4. The van der Waals surface area contributed by atoms with Crippen molar-refractivity contribution in [1.29, 1.82) is 0 Å². The molecule has 0 saturated heterocycles. The lowest BCUT2D eigenvalue weighted by Gasteiger charge is -2.01. The molecule has 1 aromatic rings. The Bertz CT molecular complexity index is 350. The van der Waals surface area contributed by atoms with Crippen LogP contribution < -0.4 is 0 Å². The van der Waals surface area contributed by atoms with Gasteiger partial charge in [0.25, 0.3) is 0 Å². The SMILES string of the molecule is CCCCCCc1cc(=S)[nH]c(=S)[nH]1. The van der Waals surface area contributed by atoms with Gasteiger partial charge in [-0.1, -0.05) is 38.4 Å². The number of rotatable bonds is 5. The van der Waals surface area contributed by atoms with E-state index in [1.165, 1.54) is 25.7 Å². The van der Waals surface area contributed by atoms with Crippen molar-refractivity contribution in [3.8, 4) is 0 Å². The molecule has 0 aromatic carbocycles. The molecule has 78 valence electrons. The number of aromatic amines is 2. The maximum Gasteiger partial charge on any atom is 0.175 e. The van der Waals surface area contributed by atoms with E-state index in [0.717, 1.165) is 16.8 Å². The Balaban J connectivity index is 2.51. The van der Waals surface area contributed by atoms with Crippen molar-refractivity contribution >= 4 is 24.4 Å². The third kappa shape index (κ3) is 4.15. The first kappa shape index (κ1) is 11.6. The predicted molar refractivity (Wildman–Crippen MR) is 64.7 cm³/mol. The molecule has 4 heteroatoms. The van der Waals surface area contributed by atoms with Crippen LogP contribution in [-0.4, -0.2) is 9.97 Å². The second-order valence-electron chi connectivity index (χ2n) is 3.42. The van der Waals surface area contributed by atoms with E-state index in [1.54, 1.807) is 0 Å². The average Bonchev–Trinajstić information content (AvgIpc) is 2.11. The van der Waals surface area contributed by atoms with Crippen molar-refractivity contribution in [2.45, 2.75) is 39.0 Å². The quantitative estimate of drug-likeness (QED) is 0.591. The summed E-state index contributed by atoms with van der Waals surface area (Å²) in [5, 5.41) is 0. The van der Waals surface area contributed by atoms with Gasteiger partial charge in [-0.3, -0.25) is 0 Å². The van der Waals surface area contributed by atoms with Crippen LogP contribution in [0.2, 0.25) is 0 Å². The minimum Gasteiger partial charge on any atom is -0.336 e. The molecule has 0 aliphatic rings. The third-order valence-corrected chi connectivity index (χ3v) is 2.54. The van der Waals surface area contributed by atoms with Crippen molar-refractivity contribution in [2.24, 2.45) is 0 Å². The maximum atomic E-state index is 5.05. The lowest BCUT2D eigenvalue weighted by molar-refractivity contribution is 0.659. The Morgan fingerprint density at radius 3 is 2.57 bits per heavy atom. The van der Waals surface area contributed by atoms with Crippen LogP contribution in [0.5, 0.6) is 0 Å². The first-order valence-electron chi connectivity index (χ1n) is 5.05. The van der Waals surface area contributed by atoms with Crippen LogP contribution in [0, 0.1) is 9.41 Å². The molecule has 1 aromatic heterocycles. The Kier molecular flexibility index (Phi) is 5.04. The van der Waals surface area contributed by atoms with Crippen molar-refractivity contribution < 1.29 is 0 Å². The monoisotopic (exact) mass is 228 g/mol. The van der Waals surface area contributed by atoms with Crippen LogP contribution in [0.3, 0.4) is 0 Å². The van der Waals surface area contributed by atoms with Crippen LogP contribution in [0.25, 0.3) is 0 Å². The minimum absolute atomic E-state index is 0.628. The smallest absolute Gasteiger partial charge is 0.175 e. The highest BCUT2D eigenvalue weighted by atomic mass is 32.1. The normalized spacial score (nSPS) is 10.4. The standard InChI is InChI=1S/C10H16N2S2/c1-2-3-4-5-6-8-7-9(13)12-10(14)11-8/h7H,2-6H2,1H3,(H2,11,12,13,14). The lowest BCUT2D eigenvalue weighted by atomic mass is 10.1. The molecule has 0 amide bonds. The van der Waals surface area contributed by atoms with E-state index in [2.05, 4.69) is 16.9 Å². The summed E-state index contributed by atoms with van der Waals surface area (Å²) in [7, 11) is 0. The van der Waals surface area contributed by atoms with Gasteiger partial charge in [-0.2, -0.15) is 0 Å². The number of nitrogens with one attached hydrogen (secondary N) is 2. The molecule has 0 atom stereocenters. The van der Waals surface area contributed by atoms with Crippen LogP contribution in [0.4, 0.5) is 0 Å². The summed E-state index contributed by atoms with van der Waals surface area (Å²) in [6.07, 6.45) is 6.10. The second-order valence-corrected chi connectivity index (χ2v) is 4.27. The second kappa shape index (κ2) is 6.09. The summed E-state index contributed by atoms with van der Waals surface area (Å²) in [6.45, 7) is 2.21. The first-order chi connectivity index (χ1) is 6.72. The molecule has 0 aliphatic heterocycles. The summed E-state index contributed by atoms with van der Waals surface area (Å²) >= 11 is 10.1. The van der Waals surface area contributed by atoms with Gasteiger partial charge in [0.15, 0.2) is 4.77 Å². The van der Waals surface area contributed by atoms with E-state index >= 15 is 0 Å². The Labute approximate surface area is 94.8 Å². The van der Waals surface area contributed by atoms with Crippen LogP contribution in [-0.2, 0) is 6.42 Å². The number of hydrogen-bond acceptors (Lipinski definition) is 2. The lowest BCUT2D eigenvalue weighted by Crippen LogP contribution is -1.93. The number of aromatic nitrogens is 2. The molecule has 0 spiro atoms. The molecule has 0 unspecified atom stereocenters. The molecular formula is C10H16N2S2. The summed E-state index contributed by atoms with van der Waals surface area (Å²) in [6, 6.07) is 1.96. The molecule has 2 nitrogen and oxygen atoms in total. The van der Waals surface area contributed by atoms with E-state index in [1.807, 2.05) is 6.07 Å². The summed E-state index contributed by atoms with van der Waals surface area (Å²) in [4.78, 5) is 6.00. The van der Waals surface area contributed by atoms with Gasteiger partial charge in [-0.15, -0.1) is 0 Å². The van der Waals surface area contributed by atoms with Crippen molar-refractivity contribution in [1.82, 2.24) is 9.97 Å². The number of aryl methyl sites for hydroxylation is 1. The third-order valence-electron chi connectivity index (χ3n) is 2.12. The molecule has 2 N–H and O–H groups in total. The van der Waals surface area contributed by atoms with E-state index in [0.29, 0.717) is 4.77 Å². The molecule has 0 bridgehead atoms. The average molecular weight is 228 g/mol. The van der Waals surface area contributed by atoms with Gasteiger partial charge < -0.3 is 9.97 Å². The first-order valence-corrected chi connectivity index (χ1v) is 5.86. The summed E-state index contributed by atoms with van der Waals surface area (Å²) in [5.41, 5.74) is 1.15. The van der Waals surface area contributed by atoms with Gasteiger partial charge in [-0.05, 0) is 31.1 Å². The molecule has 0 fully saturated rings. The van der Waals surface area contributed by atoms with Crippen LogP contribution in [0.15, 0.2) is 6.07 Å². The number of H-pyrrole nitrogens is 2. The topological polar surface area (TPSA) is 31.6 Å².